The summed E-state index contributed by atoms with van der Waals surface area (Å²) in [6.45, 7) is -1.05. The summed E-state index contributed by atoms with van der Waals surface area (Å²) in [6.07, 6.45) is 3.42. The Kier molecular flexibility index (Phi) is 6.68. The van der Waals surface area contributed by atoms with E-state index in [9.17, 15) is 18.3 Å². The Bertz CT molecular complexity index is 1070. The second-order valence-electron chi connectivity index (χ2n) is 6.33. The van der Waals surface area contributed by atoms with Gasteiger partial charge in [0.25, 0.3) is 0 Å². The molecule has 1 aromatic heterocycles. The highest BCUT2D eigenvalue weighted by Crippen LogP contribution is 2.20. The SMILES string of the molecule is Cc1ccc[n+](/C(C(=S)Nc2ccc(OC(F)F)cc2)=C(/[O-])c2ccc(F)cc2)c1. The van der Waals surface area contributed by atoms with E-state index in [1.807, 2.05) is 13.0 Å². The summed E-state index contributed by atoms with van der Waals surface area (Å²) in [5.41, 5.74) is 1.82. The molecule has 0 unspecified atom stereocenters. The van der Waals surface area contributed by atoms with Gasteiger partial charge in [0.2, 0.25) is 5.70 Å². The molecular formula is C22H17F3N2O2S. The normalized spacial score (nSPS) is 11.8. The highest BCUT2D eigenvalue weighted by atomic mass is 32.1. The molecule has 0 spiro atoms. The van der Waals surface area contributed by atoms with Crippen molar-refractivity contribution < 1.29 is 27.6 Å². The van der Waals surface area contributed by atoms with Crippen molar-refractivity contribution in [2.45, 2.75) is 13.5 Å². The summed E-state index contributed by atoms with van der Waals surface area (Å²) < 4.78 is 43.8. The summed E-state index contributed by atoms with van der Waals surface area (Å²) in [5.74, 6) is -0.856. The van der Waals surface area contributed by atoms with Crippen LogP contribution < -0.4 is 19.7 Å². The van der Waals surface area contributed by atoms with Crippen molar-refractivity contribution in [3.8, 4) is 5.75 Å². The number of hydrogen-bond acceptors (Lipinski definition) is 3. The van der Waals surface area contributed by atoms with Gasteiger partial charge in [0.1, 0.15) is 11.6 Å². The summed E-state index contributed by atoms with van der Waals surface area (Å²) in [6, 6.07) is 14.5. The highest BCUT2D eigenvalue weighted by Gasteiger charge is 2.19. The highest BCUT2D eigenvalue weighted by molar-refractivity contribution is 7.81. The molecule has 3 aromatic rings. The lowest BCUT2D eigenvalue weighted by atomic mass is 10.1. The average Bonchev–Trinajstić information content (AvgIpc) is 2.70. The molecule has 0 saturated heterocycles. The van der Waals surface area contributed by atoms with Gasteiger partial charge in [-0.1, -0.05) is 24.4 Å². The van der Waals surface area contributed by atoms with Crippen LogP contribution in [0, 0.1) is 12.7 Å². The van der Waals surface area contributed by atoms with Gasteiger partial charge in [-0.3, -0.25) is 0 Å². The van der Waals surface area contributed by atoms with E-state index in [0.29, 0.717) is 5.69 Å². The fourth-order valence-corrected chi connectivity index (χ4v) is 3.03. The largest absolute Gasteiger partial charge is 0.867 e. The van der Waals surface area contributed by atoms with Gasteiger partial charge in [0.15, 0.2) is 17.4 Å². The van der Waals surface area contributed by atoms with Crippen molar-refractivity contribution in [3.63, 3.8) is 0 Å². The third-order valence-electron chi connectivity index (χ3n) is 4.08. The standard InChI is InChI=1S/C22H17F3N2O2S/c1-14-3-2-12-27(13-14)19(20(28)15-4-6-16(23)7-5-15)21(30)26-17-8-10-18(11-9-17)29-22(24)25/h2-13,22H,1H3,(H-,26,28,30). The molecule has 0 atom stereocenters. The number of aromatic nitrogens is 1. The van der Waals surface area contributed by atoms with E-state index < -0.39 is 18.2 Å². The third-order valence-corrected chi connectivity index (χ3v) is 4.38. The first-order chi connectivity index (χ1) is 14.3. The monoisotopic (exact) mass is 430 g/mol. The van der Waals surface area contributed by atoms with E-state index >= 15 is 0 Å². The van der Waals surface area contributed by atoms with Crippen molar-refractivity contribution in [1.29, 1.82) is 0 Å². The maximum Gasteiger partial charge on any atom is 0.387 e. The fraction of sp³-hybridized carbons (Fsp3) is 0.0909. The molecule has 154 valence electrons. The van der Waals surface area contributed by atoms with Crippen molar-refractivity contribution in [1.82, 2.24) is 0 Å². The van der Waals surface area contributed by atoms with Crippen LogP contribution in [0.4, 0.5) is 18.9 Å². The van der Waals surface area contributed by atoms with Gasteiger partial charge in [-0.15, -0.1) is 0 Å². The van der Waals surface area contributed by atoms with Crippen LogP contribution in [0.25, 0.3) is 11.5 Å². The van der Waals surface area contributed by atoms with Crippen LogP contribution in [0.1, 0.15) is 11.1 Å². The molecule has 2 aromatic carbocycles. The zero-order chi connectivity index (χ0) is 21.7. The summed E-state index contributed by atoms with van der Waals surface area (Å²) >= 11 is 5.47. The maximum atomic E-state index is 13.3. The Hall–Kier alpha value is -3.39. The Morgan fingerprint density at radius 3 is 2.33 bits per heavy atom. The lowest BCUT2D eigenvalue weighted by Crippen LogP contribution is -2.40. The van der Waals surface area contributed by atoms with E-state index in [1.54, 1.807) is 23.0 Å². The molecular weight excluding hydrogens is 413 g/mol. The van der Waals surface area contributed by atoms with Gasteiger partial charge < -0.3 is 15.2 Å². The molecule has 4 nitrogen and oxygen atoms in total. The lowest BCUT2D eigenvalue weighted by molar-refractivity contribution is -0.578. The summed E-state index contributed by atoms with van der Waals surface area (Å²) in [4.78, 5) is 0.113. The summed E-state index contributed by atoms with van der Waals surface area (Å²) in [5, 5.41) is 16.1. The molecule has 8 heteroatoms. The number of rotatable bonds is 6. The fourth-order valence-electron chi connectivity index (χ4n) is 2.72. The maximum absolute atomic E-state index is 13.3. The molecule has 0 aliphatic rings. The molecule has 30 heavy (non-hydrogen) atoms. The molecule has 3 rings (SSSR count). The zero-order valence-corrected chi connectivity index (χ0v) is 16.6. The second kappa shape index (κ2) is 9.41. The minimum Gasteiger partial charge on any atom is -0.867 e. The van der Waals surface area contributed by atoms with Crippen LogP contribution in [0.15, 0.2) is 73.1 Å². The molecule has 0 radical (unpaired) electrons. The number of nitrogens with one attached hydrogen (secondary N) is 1. The predicted molar refractivity (Wildman–Crippen MR) is 110 cm³/mol. The topological polar surface area (TPSA) is 48.2 Å². The van der Waals surface area contributed by atoms with Gasteiger partial charge in [0.05, 0.1) is 0 Å². The van der Waals surface area contributed by atoms with Crippen molar-refractivity contribution in [3.05, 3.63) is 90.0 Å². The van der Waals surface area contributed by atoms with Gasteiger partial charge in [-0.05, 0) is 60.7 Å². The number of benzene rings is 2. The van der Waals surface area contributed by atoms with Gasteiger partial charge in [0, 0.05) is 17.3 Å². The number of hydrogen-bond donors (Lipinski definition) is 1. The molecule has 0 aliphatic heterocycles. The number of aryl methyl sites for hydroxylation is 1. The van der Waals surface area contributed by atoms with Crippen LogP contribution in [0.3, 0.4) is 0 Å². The van der Waals surface area contributed by atoms with Gasteiger partial charge >= 0.3 is 6.61 Å². The minimum absolute atomic E-state index is 0.00104. The van der Waals surface area contributed by atoms with E-state index in [1.165, 1.54) is 48.5 Å². The summed E-state index contributed by atoms with van der Waals surface area (Å²) in [7, 11) is 0. The molecule has 0 fully saturated rings. The number of pyridine rings is 1. The number of halogens is 3. The lowest BCUT2D eigenvalue weighted by Gasteiger charge is -2.17. The van der Waals surface area contributed by atoms with E-state index in [2.05, 4.69) is 10.1 Å². The molecule has 0 aliphatic carbocycles. The van der Waals surface area contributed by atoms with Crippen LogP contribution in [-0.2, 0) is 0 Å². The van der Waals surface area contributed by atoms with Crippen LogP contribution in [-0.4, -0.2) is 11.6 Å². The molecule has 0 amide bonds. The quantitative estimate of drug-likeness (QED) is 0.276. The van der Waals surface area contributed by atoms with Crippen molar-refractivity contribution in [2.75, 3.05) is 5.32 Å². The Morgan fingerprint density at radius 1 is 1.07 bits per heavy atom. The molecule has 1 N–H and O–H groups in total. The van der Waals surface area contributed by atoms with E-state index in [0.717, 1.165) is 5.56 Å². The Balaban J connectivity index is 1.96. The number of nitrogens with zero attached hydrogens (tertiary/aromatic N) is 1. The smallest absolute Gasteiger partial charge is 0.387 e. The van der Waals surface area contributed by atoms with E-state index in [-0.39, 0.29) is 22.0 Å². The average molecular weight is 430 g/mol. The van der Waals surface area contributed by atoms with Crippen LogP contribution in [0.2, 0.25) is 0 Å². The number of anilines is 1. The Labute approximate surface area is 176 Å². The minimum atomic E-state index is -2.92. The second-order valence-corrected chi connectivity index (χ2v) is 6.74. The molecule has 1 heterocycles. The first-order valence-corrected chi connectivity index (χ1v) is 9.26. The van der Waals surface area contributed by atoms with Crippen molar-refractivity contribution >= 4 is 34.3 Å². The van der Waals surface area contributed by atoms with Crippen LogP contribution in [0.5, 0.6) is 5.75 Å². The number of ether oxygens (including phenoxy) is 1. The van der Waals surface area contributed by atoms with Crippen molar-refractivity contribution in [2.24, 2.45) is 0 Å². The van der Waals surface area contributed by atoms with Gasteiger partial charge in [-0.2, -0.15) is 13.3 Å². The number of thiocarbonyl (C=S) groups is 1. The molecule has 0 bridgehead atoms. The first kappa shape index (κ1) is 21.3. The van der Waals surface area contributed by atoms with Gasteiger partial charge in [-0.25, -0.2) is 4.39 Å². The molecule has 0 saturated carbocycles. The predicted octanol–water partition coefficient (Wildman–Crippen LogP) is 4.15. The Morgan fingerprint density at radius 2 is 1.73 bits per heavy atom. The first-order valence-electron chi connectivity index (χ1n) is 8.85. The zero-order valence-electron chi connectivity index (χ0n) is 15.8. The third kappa shape index (κ3) is 5.36. The number of alkyl halides is 2. The van der Waals surface area contributed by atoms with Crippen LogP contribution >= 0.6 is 12.2 Å². The van der Waals surface area contributed by atoms with E-state index in [4.69, 9.17) is 12.2 Å².